The van der Waals surface area contributed by atoms with Crippen LogP contribution in [0, 0.1) is 0 Å². The Morgan fingerprint density at radius 1 is 1.17 bits per heavy atom. The number of para-hydroxylation sites is 1. The van der Waals surface area contributed by atoms with E-state index >= 15 is 0 Å². The molecule has 0 spiro atoms. The largest absolute Gasteiger partial charge is 0.447 e. The fraction of sp³-hybridized carbons (Fsp3) is 0.385. The second kappa shape index (κ2) is 6.05. The van der Waals surface area contributed by atoms with E-state index in [-0.39, 0.29) is 12.0 Å². The molecule has 96 valence electrons. The third-order valence-corrected chi connectivity index (χ3v) is 2.73. The Morgan fingerprint density at radius 3 is 2.39 bits per heavy atom. The molecule has 2 aliphatic rings. The van der Waals surface area contributed by atoms with Crippen LogP contribution in [0.25, 0.3) is 0 Å². The van der Waals surface area contributed by atoms with Gasteiger partial charge in [-0.05, 0) is 18.6 Å². The summed E-state index contributed by atoms with van der Waals surface area (Å²) in [6, 6.07) is 9.52. The van der Waals surface area contributed by atoms with Crippen LogP contribution in [0.5, 0.6) is 0 Å². The maximum Gasteiger partial charge on any atom is 0.414 e. The Bertz CT molecular complexity index is 412. The van der Waals surface area contributed by atoms with Crippen LogP contribution in [-0.4, -0.2) is 31.7 Å². The topological polar surface area (TPSA) is 58.6 Å². The van der Waals surface area contributed by atoms with Crippen molar-refractivity contribution < 1.29 is 14.3 Å². The number of hydrogen-bond acceptors (Lipinski definition) is 3. The number of benzene rings is 1. The summed E-state index contributed by atoms with van der Waals surface area (Å²) in [7, 11) is 0. The van der Waals surface area contributed by atoms with Crippen molar-refractivity contribution in [1.29, 1.82) is 0 Å². The van der Waals surface area contributed by atoms with E-state index in [2.05, 4.69) is 5.32 Å². The summed E-state index contributed by atoms with van der Waals surface area (Å²) in [5.41, 5.74) is 0.903. The number of carbonyl (C=O) groups is 2. The number of ether oxygens (including phenoxy) is 1. The van der Waals surface area contributed by atoms with Crippen LogP contribution in [0.4, 0.5) is 10.5 Å². The summed E-state index contributed by atoms with van der Waals surface area (Å²) < 4.78 is 4.81. The molecule has 0 aromatic heterocycles. The van der Waals surface area contributed by atoms with Crippen LogP contribution >= 0.6 is 0 Å². The molecule has 0 bridgehead atoms. The normalized spacial score (nSPS) is 17.9. The van der Waals surface area contributed by atoms with Crippen molar-refractivity contribution in [3.8, 4) is 0 Å². The molecule has 5 heteroatoms. The van der Waals surface area contributed by atoms with E-state index in [9.17, 15) is 9.59 Å². The average Bonchev–Trinajstić information content (AvgIpc) is 3.02. The lowest BCUT2D eigenvalue weighted by atomic mass is 10.3. The average molecular weight is 248 g/mol. The summed E-state index contributed by atoms with van der Waals surface area (Å²) in [6.45, 7) is 2.04. The van der Waals surface area contributed by atoms with Crippen molar-refractivity contribution in [1.82, 2.24) is 5.32 Å². The Balaban J connectivity index is 0.000000169. The van der Waals surface area contributed by atoms with E-state index < -0.39 is 0 Å². The molecule has 18 heavy (non-hydrogen) atoms. The zero-order valence-electron chi connectivity index (χ0n) is 10.1. The Labute approximate surface area is 106 Å². The smallest absolute Gasteiger partial charge is 0.414 e. The van der Waals surface area contributed by atoms with E-state index in [4.69, 9.17) is 4.74 Å². The monoisotopic (exact) mass is 248 g/mol. The van der Waals surface area contributed by atoms with E-state index in [0.29, 0.717) is 13.2 Å². The third kappa shape index (κ3) is 3.23. The number of cyclic esters (lactones) is 1. The minimum absolute atomic E-state index is 0.204. The van der Waals surface area contributed by atoms with Gasteiger partial charge in [-0.3, -0.25) is 9.69 Å². The predicted molar refractivity (Wildman–Crippen MR) is 67.4 cm³/mol. The molecule has 1 N–H and O–H groups in total. The van der Waals surface area contributed by atoms with Gasteiger partial charge in [0.15, 0.2) is 0 Å². The minimum atomic E-state index is -0.249. The summed E-state index contributed by atoms with van der Waals surface area (Å²) in [5, 5.41) is 2.68. The van der Waals surface area contributed by atoms with Crippen LogP contribution in [0.15, 0.2) is 30.3 Å². The summed E-state index contributed by atoms with van der Waals surface area (Å²) in [4.78, 5) is 22.8. The molecule has 0 saturated carbocycles. The van der Waals surface area contributed by atoms with Crippen molar-refractivity contribution in [2.75, 3.05) is 24.6 Å². The fourth-order valence-corrected chi connectivity index (χ4v) is 1.80. The Kier molecular flexibility index (Phi) is 4.17. The zero-order valence-corrected chi connectivity index (χ0v) is 10.1. The van der Waals surface area contributed by atoms with Gasteiger partial charge in [0, 0.05) is 18.7 Å². The van der Waals surface area contributed by atoms with Crippen LogP contribution in [0.2, 0.25) is 0 Å². The highest BCUT2D eigenvalue weighted by molar-refractivity contribution is 5.89. The van der Waals surface area contributed by atoms with Gasteiger partial charge in [-0.2, -0.15) is 0 Å². The first-order valence-corrected chi connectivity index (χ1v) is 6.03. The molecule has 0 unspecified atom stereocenters. The molecule has 0 radical (unpaired) electrons. The van der Waals surface area contributed by atoms with Gasteiger partial charge in [-0.15, -0.1) is 0 Å². The molecule has 2 heterocycles. The van der Waals surface area contributed by atoms with Crippen LogP contribution in [-0.2, 0) is 9.53 Å². The molecular weight excluding hydrogens is 232 g/mol. The zero-order chi connectivity index (χ0) is 12.8. The molecule has 2 amide bonds. The second-order valence-electron chi connectivity index (χ2n) is 4.06. The highest BCUT2D eigenvalue weighted by Gasteiger charge is 2.22. The van der Waals surface area contributed by atoms with E-state index in [1.807, 2.05) is 30.3 Å². The standard InChI is InChI=1S/C9H9NO2.C4H7NO/c11-9-10(6-7-12-9)8-4-2-1-3-5-8;6-4-2-1-3-5-4/h1-5H,6-7H2;1-3H2,(H,5,6). The van der Waals surface area contributed by atoms with Gasteiger partial charge in [0.25, 0.3) is 0 Å². The van der Waals surface area contributed by atoms with E-state index in [0.717, 1.165) is 25.1 Å². The molecule has 1 aromatic rings. The lowest BCUT2D eigenvalue weighted by Gasteiger charge is -2.11. The molecular formula is C13H16N2O3. The van der Waals surface area contributed by atoms with Crippen molar-refractivity contribution in [3.63, 3.8) is 0 Å². The molecule has 3 rings (SSSR count). The lowest BCUT2D eigenvalue weighted by Crippen LogP contribution is -2.22. The molecule has 2 saturated heterocycles. The van der Waals surface area contributed by atoms with Crippen LogP contribution < -0.4 is 10.2 Å². The molecule has 0 aliphatic carbocycles. The highest BCUT2D eigenvalue weighted by atomic mass is 16.6. The number of nitrogens with zero attached hydrogens (tertiary/aromatic N) is 1. The molecule has 0 atom stereocenters. The van der Waals surface area contributed by atoms with Crippen molar-refractivity contribution in [2.45, 2.75) is 12.8 Å². The summed E-state index contributed by atoms with van der Waals surface area (Å²) in [6.07, 6.45) is 1.51. The second-order valence-corrected chi connectivity index (χ2v) is 4.06. The molecule has 5 nitrogen and oxygen atoms in total. The first-order valence-electron chi connectivity index (χ1n) is 6.03. The van der Waals surface area contributed by atoms with Gasteiger partial charge >= 0.3 is 6.09 Å². The summed E-state index contributed by atoms with van der Waals surface area (Å²) in [5.74, 6) is 0.204. The van der Waals surface area contributed by atoms with Gasteiger partial charge in [0.1, 0.15) is 6.61 Å². The fourth-order valence-electron chi connectivity index (χ4n) is 1.80. The summed E-state index contributed by atoms with van der Waals surface area (Å²) >= 11 is 0. The predicted octanol–water partition coefficient (Wildman–Crippen LogP) is 1.54. The van der Waals surface area contributed by atoms with Crippen LogP contribution in [0.3, 0.4) is 0 Å². The van der Waals surface area contributed by atoms with Crippen molar-refractivity contribution >= 4 is 17.7 Å². The van der Waals surface area contributed by atoms with Crippen LogP contribution in [0.1, 0.15) is 12.8 Å². The highest BCUT2D eigenvalue weighted by Crippen LogP contribution is 2.16. The maximum absolute atomic E-state index is 11.1. The number of hydrogen-bond donors (Lipinski definition) is 1. The number of rotatable bonds is 1. The minimum Gasteiger partial charge on any atom is -0.447 e. The van der Waals surface area contributed by atoms with Gasteiger partial charge in [0.05, 0.1) is 6.54 Å². The molecule has 2 fully saturated rings. The number of nitrogens with one attached hydrogen (secondary N) is 1. The van der Waals surface area contributed by atoms with E-state index in [1.165, 1.54) is 0 Å². The number of anilines is 1. The SMILES string of the molecule is O=C1CCCN1.O=C1OCCN1c1ccccc1. The first kappa shape index (κ1) is 12.4. The molecule has 1 aromatic carbocycles. The lowest BCUT2D eigenvalue weighted by molar-refractivity contribution is -0.119. The van der Waals surface area contributed by atoms with Gasteiger partial charge < -0.3 is 10.1 Å². The Morgan fingerprint density at radius 2 is 1.94 bits per heavy atom. The number of carbonyl (C=O) groups excluding carboxylic acids is 2. The van der Waals surface area contributed by atoms with Gasteiger partial charge in [0.2, 0.25) is 5.91 Å². The molecule has 2 aliphatic heterocycles. The third-order valence-electron chi connectivity index (χ3n) is 2.73. The van der Waals surface area contributed by atoms with E-state index in [1.54, 1.807) is 4.90 Å². The van der Waals surface area contributed by atoms with Crippen molar-refractivity contribution in [2.24, 2.45) is 0 Å². The Hall–Kier alpha value is -2.04. The first-order chi connectivity index (χ1) is 8.77. The maximum atomic E-state index is 11.1. The quantitative estimate of drug-likeness (QED) is 0.820. The van der Waals surface area contributed by atoms with Crippen molar-refractivity contribution in [3.05, 3.63) is 30.3 Å². The van der Waals surface area contributed by atoms with Gasteiger partial charge in [-0.1, -0.05) is 18.2 Å². The number of amides is 2. The van der Waals surface area contributed by atoms with Gasteiger partial charge in [-0.25, -0.2) is 4.79 Å².